The van der Waals surface area contributed by atoms with Crippen molar-refractivity contribution in [3.05, 3.63) is 158 Å². The summed E-state index contributed by atoms with van der Waals surface area (Å²) in [5.41, 5.74) is 7.45. The third-order valence-corrected chi connectivity index (χ3v) is 10.3. The summed E-state index contributed by atoms with van der Waals surface area (Å²) < 4.78 is 9.12. The normalized spacial score (nSPS) is 11.6. The standard InChI is InChI=1S/C44H26N4OS/c1-4-13-27(14-5-1)41-46-42(28-15-6-2-7-16-28)48-43(47-41)31-20-12-19-30(25-31)34-26-35-40(49-44(45-35)29-17-8-3-9-18-29)39-32(34)23-24-37-38(39)33-21-10-11-22-36(33)50-37/h1-26H. The maximum atomic E-state index is 6.65. The highest BCUT2D eigenvalue weighted by Gasteiger charge is 2.20. The lowest BCUT2D eigenvalue weighted by Gasteiger charge is -2.12. The molecule has 0 bridgehead atoms. The first-order valence-corrected chi connectivity index (χ1v) is 17.3. The number of nitrogens with zero attached hydrogens (tertiary/aromatic N) is 4. The van der Waals surface area contributed by atoms with Crippen LogP contribution in [0.2, 0.25) is 0 Å². The van der Waals surface area contributed by atoms with Crippen molar-refractivity contribution in [1.29, 1.82) is 0 Å². The maximum Gasteiger partial charge on any atom is 0.227 e. The monoisotopic (exact) mass is 658 g/mol. The number of rotatable bonds is 5. The highest BCUT2D eigenvalue weighted by molar-refractivity contribution is 7.26. The lowest BCUT2D eigenvalue weighted by atomic mass is 9.94. The molecule has 234 valence electrons. The van der Waals surface area contributed by atoms with Crippen molar-refractivity contribution < 1.29 is 4.42 Å². The predicted molar refractivity (Wildman–Crippen MR) is 205 cm³/mol. The van der Waals surface area contributed by atoms with E-state index in [1.165, 1.54) is 20.2 Å². The van der Waals surface area contributed by atoms with E-state index in [0.29, 0.717) is 23.4 Å². The van der Waals surface area contributed by atoms with E-state index in [4.69, 9.17) is 24.4 Å². The van der Waals surface area contributed by atoms with Gasteiger partial charge in [0.25, 0.3) is 0 Å². The van der Waals surface area contributed by atoms with Crippen LogP contribution < -0.4 is 0 Å². The molecule has 10 aromatic rings. The number of aromatic nitrogens is 4. The fourth-order valence-corrected chi connectivity index (χ4v) is 7.92. The Morgan fingerprint density at radius 1 is 0.400 bits per heavy atom. The summed E-state index contributed by atoms with van der Waals surface area (Å²) in [6.07, 6.45) is 0. The van der Waals surface area contributed by atoms with Gasteiger partial charge in [0.05, 0.1) is 0 Å². The van der Waals surface area contributed by atoms with Gasteiger partial charge in [-0.05, 0) is 52.9 Å². The maximum absolute atomic E-state index is 6.65. The van der Waals surface area contributed by atoms with E-state index in [9.17, 15) is 0 Å². The zero-order valence-electron chi connectivity index (χ0n) is 26.6. The summed E-state index contributed by atoms with van der Waals surface area (Å²) in [7, 11) is 0. The number of benzene rings is 7. The molecule has 6 heteroatoms. The fourth-order valence-electron chi connectivity index (χ4n) is 6.81. The van der Waals surface area contributed by atoms with Crippen LogP contribution in [0.5, 0.6) is 0 Å². The molecule has 50 heavy (non-hydrogen) atoms. The third-order valence-electron chi connectivity index (χ3n) is 9.15. The number of oxazole rings is 1. The minimum atomic E-state index is 0.608. The molecule has 0 radical (unpaired) electrons. The Bertz CT molecular complexity index is 2810. The summed E-state index contributed by atoms with van der Waals surface area (Å²) in [5, 5.41) is 4.59. The molecule has 10 rings (SSSR count). The van der Waals surface area contributed by atoms with Crippen molar-refractivity contribution in [1.82, 2.24) is 19.9 Å². The fraction of sp³-hybridized carbons (Fsp3) is 0. The van der Waals surface area contributed by atoms with Gasteiger partial charge in [-0.2, -0.15) is 0 Å². The van der Waals surface area contributed by atoms with Gasteiger partial charge in [0.15, 0.2) is 23.1 Å². The van der Waals surface area contributed by atoms with Crippen LogP contribution in [0.15, 0.2) is 162 Å². The Kier molecular flexibility index (Phi) is 6.60. The first-order valence-electron chi connectivity index (χ1n) is 16.5. The van der Waals surface area contributed by atoms with Gasteiger partial charge in [-0.3, -0.25) is 0 Å². The van der Waals surface area contributed by atoms with Gasteiger partial charge in [-0.1, -0.05) is 121 Å². The highest BCUT2D eigenvalue weighted by Crippen LogP contribution is 2.45. The van der Waals surface area contributed by atoms with E-state index >= 15 is 0 Å². The molecule has 0 saturated heterocycles. The first kappa shape index (κ1) is 28.5. The van der Waals surface area contributed by atoms with Gasteiger partial charge in [0, 0.05) is 47.8 Å². The Hall–Kier alpha value is -6.50. The third kappa shape index (κ3) is 4.77. The molecule has 7 aromatic carbocycles. The Morgan fingerprint density at radius 3 is 1.68 bits per heavy atom. The van der Waals surface area contributed by atoms with Crippen molar-refractivity contribution in [2.75, 3.05) is 0 Å². The molecule has 0 amide bonds. The van der Waals surface area contributed by atoms with Crippen molar-refractivity contribution >= 4 is 53.4 Å². The van der Waals surface area contributed by atoms with Gasteiger partial charge >= 0.3 is 0 Å². The molecule has 0 aliphatic carbocycles. The summed E-state index contributed by atoms with van der Waals surface area (Å²) >= 11 is 1.80. The van der Waals surface area contributed by atoms with Crippen LogP contribution in [0.4, 0.5) is 0 Å². The van der Waals surface area contributed by atoms with E-state index in [0.717, 1.165) is 55.3 Å². The zero-order valence-corrected chi connectivity index (χ0v) is 27.4. The quantitative estimate of drug-likeness (QED) is 0.184. The van der Waals surface area contributed by atoms with Gasteiger partial charge < -0.3 is 4.42 Å². The molecule has 0 unspecified atom stereocenters. The Labute approximate surface area is 291 Å². The lowest BCUT2D eigenvalue weighted by molar-refractivity contribution is 0.623. The summed E-state index contributed by atoms with van der Waals surface area (Å²) in [6, 6.07) is 53.9. The number of fused-ring (bicyclic) bond motifs is 7. The molecular formula is C44H26N4OS. The van der Waals surface area contributed by atoms with Crippen molar-refractivity contribution in [2.24, 2.45) is 0 Å². The van der Waals surface area contributed by atoms with E-state index < -0.39 is 0 Å². The average molecular weight is 659 g/mol. The number of hydrogen-bond acceptors (Lipinski definition) is 6. The minimum Gasteiger partial charge on any atom is -0.435 e. The number of hydrogen-bond donors (Lipinski definition) is 0. The molecule has 3 heterocycles. The van der Waals surface area contributed by atoms with Crippen LogP contribution in [0.25, 0.3) is 98.8 Å². The second-order valence-corrected chi connectivity index (χ2v) is 13.3. The minimum absolute atomic E-state index is 0.608. The van der Waals surface area contributed by atoms with E-state index in [-0.39, 0.29) is 0 Å². The van der Waals surface area contributed by atoms with Crippen LogP contribution in [0, 0.1) is 0 Å². The Morgan fingerprint density at radius 2 is 0.980 bits per heavy atom. The van der Waals surface area contributed by atoms with Crippen LogP contribution in [-0.4, -0.2) is 19.9 Å². The molecule has 0 spiro atoms. The molecule has 0 aliphatic rings. The summed E-state index contributed by atoms with van der Waals surface area (Å²) in [5.74, 6) is 2.49. The van der Waals surface area contributed by atoms with E-state index in [1.807, 2.05) is 91.0 Å². The van der Waals surface area contributed by atoms with Crippen LogP contribution >= 0.6 is 11.3 Å². The van der Waals surface area contributed by atoms with Crippen LogP contribution in [-0.2, 0) is 0 Å². The van der Waals surface area contributed by atoms with Gasteiger partial charge in [0.1, 0.15) is 5.52 Å². The molecule has 0 aliphatic heterocycles. The van der Waals surface area contributed by atoms with Crippen molar-refractivity contribution in [3.63, 3.8) is 0 Å². The zero-order chi connectivity index (χ0) is 33.0. The van der Waals surface area contributed by atoms with Crippen LogP contribution in [0.3, 0.4) is 0 Å². The van der Waals surface area contributed by atoms with Crippen molar-refractivity contribution in [3.8, 4) is 56.7 Å². The second kappa shape index (κ2) is 11.6. The topological polar surface area (TPSA) is 64.7 Å². The molecular weight excluding hydrogens is 633 g/mol. The van der Waals surface area contributed by atoms with Crippen molar-refractivity contribution in [2.45, 2.75) is 0 Å². The largest absolute Gasteiger partial charge is 0.435 e. The lowest BCUT2D eigenvalue weighted by Crippen LogP contribution is -2.00. The smallest absolute Gasteiger partial charge is 0.227 e. The molecule has 0 saturated carbocycles. The average Bonchev–Trinajstić information content (AvgIpc) is 3.80. The second-order valence-electron chi connectivity index (χ2n) is 12.2. The van der Waals surface area contributed by atoms with Gasteiger partial charge in [-0.15, -0.1) is 11.3 Å². The molecule has 3 aromatic heterocycles. The Balaban J connectivity index is 1.22. The predicted octanol–water partition coefficient (Wildman–Crippen LogP) is 11.9. The first-order chi connectivity index (χ1) is 24.8. The number of thiophene rings is 1. The van der Waals surface area contributed by atoms with Gasteiger partial charge in [-0.25, -0.2) is 19.9 Å². The summed E-state index contributed by atoms with van der Waals surface area (Å²) in [4.78, 5) is 20.0. The summed E-state index contributed by atoms with van der Waals surface area (Å²) in [6.45, 7) is 0. The SMILES string of the molecule is c1ccc(-c2nc(-c3ccccc3)nc(-c3cccc(-c4cc5nc(-c6ccccc6)oc5c5c4ccc4sc6ccccc6c45)c3)n2)cc1. The molecule has 0 fully saturated rings. The molecule has 5 nitrogen and oxygen atoms in total. The molecule has 0 N–H and O–H groups in total. The van der Waals surface area contributed by atoms with Gasteiger partial charge in [0.2, 0.25) is 5.89 Å². The van der Waals surface area contributed by atoms with Crippen LogP contribution in [0.1, 0.15) is 0 Å². The molecule has 0 atom stereocenters. The van der Waals surface area contributed by atoms with E-state index in [2.05, 4.69) is 66.7 Å². The highest BCUT2D eigenvalue weighted by atomic mass is 32.1. The van der Waals surface area contributed by atoms with E-state index in [1.54, 1.807) is 11.3 Å².